The first kappa shape index (κ1) is 13.0. The average Bonchev–Trinajstić information content (AvgIpc) is 2.51. The van der Waals surface area contributed by atoms with Crippen molar-refractivity contribution in [3.8, 4) is 11.3 Å². The van der Waals surface area contributed by atoms with Gasteiger partial charge in [-0.3, -0.25) is 0 Å². The molecule has 1 aromatic heterocycles. The first-order chi connectivity index (χ1) is 9.83. The third-order valence-electron chi connectivity index (χ3n) is 2.85. The van der Waals surface area contributed by atoms with Crippen molar-refractivity contribution in [3.63, 3.8) is 0 Å². The van der Waals surface area contributed by atoms with Crippen molar-refractivity contribution in [2.45, 2.75) is 0 Å². The van der Waals surface area contributed by atoms with Gasteiger partial charge >= 0.3 is 123 Å². The summed E-state index contributed by atoms with van der Waals surface area (Å²) in [4.78, 5) is 4.34. The molecule has 0 saturated carbocycles. The predicted molar refractivity (Wildman–Crippen MR) is 81.1 cm³/mol. The zero-order chi connectivity index (χ0) is 13.8. The summed E-state index contributed by atoms with van der Waals surface area (Å²) in [5.74, 6) is -0.224. The zero-order valence-corrected chi connectivity index (χ0v) is 12.4. The number of nitrogens with zero attached hydrogens (tertiary/aromatic N) is 1. The normalized spacial score (nSPS) is 10.4. The molecular formula is C17H12FNSe. The van der Waals surface area contributed by atoms with Gasteiger partial charge in [-0.1, -0.05) is 0 Å². The Morgan fingerprint density at radius 1 is 0.850 bits per heavy atom. The van der Waals surface area contributed by atoms with E-state index in [4.69, 9.17) is 0 Å². The number of aromatic nitrogens is 1. The van der Waals surface area contributed by atoms with Gasteiger partial charge in [-0.05, 0) is 0 Å². The molecule has 0 saturated heterocycles. The standard InChI is InChI=1S/C17H12FNSe/c18-13-9-10-17(20-14-6-2-1-3-7-14)15(12-13)16-8-4-5-11-19-16/h1-12H. The van der Waals surface area contributed by atoms with E-state index in [9.17, 15) is 4.39 Å². The molecule has 0 spiro atoms. The van der Waals surface area contributed by atoms with Crippen LogP contribution >= 0.6 is 0 Å². The Morgan fingerprint density at radius 2 is 1.65 bits per heavy atom. The van der Waals surface area contributed by atoms with Crippen molar-refractivity contribution < 1.29 is 4.39 Å². The molecule has 0 radical (unpaired) electrons. The molecule has 1 heterocycles. The Morgan fingerprint density at radius 3 is 2.40 bits per heavy atom. The number of hydrogen-bond donors (Lipinski definition) is 0. The van der Waals surface area contributed by atoms with Crippen LogP contribution in [0.25, 0.3) is 11.3 Å². The van der Waals surface area contributed by atoms with Crippen molar-refractivity contribution in [2.24, 2.45) is 0 Å². The van der Waals surface area contributed by atoms with E-state index in [0.717, 1.165) is 15.7 Å². The molecule has 2 aromatic carbocycles. The van der Waals surface area contributed by atoms with Crippen LogP contribution in [0.1, 0.15) is 0 Å². The van der Waals surface area contributed by atoms with Gasteiger partial charge in [0.05, 0.1) is 0 Å². The van der Waals surface area contributed by atoms with Gasteiger partial charge in [0.25, 0.3) is 0 Å². The Hall–Kier alpha value is -1.96. The fourth-order valence-corrected chi connectivity index (χ4v) is 3.94. The van der Waals surface area contributed by atoms with Gasteiger partial charge in [-0.2, -0.15) is 0 Å². The SMILES string of the molecule is Fc1ccc([Se]c2ccccc2)c(-c2ccccn2)c1. The maximum absolute atomic E-state index is 13.6. The van der Waals surface area contributed by atoms with Gasteiger partial charge in [0.1, 0.15) is 0 Å². The molecule has 0 aliphatic heterocycles. The van der Waals surface area contributed by atoms with Crippen LogP contribution in [0.15, 0.2) is 72.9 Å². The van der Waals surface area contributed by atoms with Crippen molar-refractivity contribution in [2.75, 3.05) is 0 Å². The Labute approximate surface area is 123 Å². The van der Waals surface area contributed by atoms with Gasteiger partial charge in [-0.15, -0.1) is 0 Å². The first-order valence-corrected chi connectivity index (χ1v) is 7.98. The Bertz CT molecular complexity index is 699. The van der Waals surface area contributed by atoms with E-state index in [2.05, 4.69) is 17.1 Å². The molecule has 0 bridgehead atoms. The van der Waals surface area contributed by atoms with E-state index >= 15 is 0 Å². The molecule has 3 aromatic rings. The molecular weight excluding hydrogens is 316 g/mol. The van der Waals surface area contributed by atoms with E-state index in [1.807, 2.05) is 42.5 Å². The molecule has 0 N–H and O–H groups in total. The molecule has 0 atom stereocenters. The molecule has 3 heteroatoms. The zero-order valence-electron chi connectivity index (χ0n) is 10.7. The molecule has 98 valence electrons. The van der Waals surface area contributed by atoms with Crippen LogP contribution in [0.2, 0.25) is 0 Å². The molecule has 0 fully saturated rings. The van der Waals surface area contributed by atoms with E-state index in [0.29, 0.717) is 0 Å². The second kappa shape index (κ2) is 6.00. The second-order valence-corrected chi connectivity index (χ2v) is 6.61. The monoisotopic (exact) mass is 329 g/mol. The van der Waals surface area contributed by atoms with Gasteiger partial charge in [0.2, 0.25) is 0 Å². The van der Waals surface area contributed by atoms with Crippen LogP contribution in [0, 0.1) is 5.82 Å². The fraction of sp³-hybridized carbons (Fsp3) is 0. The Kier molecular flexibility index (Phi) is 3.91. The molecule has 3 rings (SSSR count). The minimum atomic E-state index is -0.224. The van der Waals surface area contributed by atoms with Crippen LogP contribution in [-0.2, 0) is 0 Å². The molecule has 1 nitrogen and oxygen atoms in total. The first-order valence-electron chi connectivity index (χ1n) is 6.27. The van der Waals surface area contributed by atoms with E-state index < -0.39 is 0 Å². The summed E-state index contributed by atoms with van der Waals surface area (Å²) in [6.45, 7) is 0. The number of pyridine rings is 1. The average molecular weight is 328 g/mol. The number of hydrogen-bond acceptors (Lipinski definition) is 1. The molecule has 0 unspecified atom stereocenters. The van der Waals surface area contributed by atoms with Gasteiger partial charge < -0.3 is 0 Å². The summed E-state index contributed by atoms with van der Waals surface area (Å²) in [7, 11) is 0. The van der Waals surface area contributed by atoms with Gasteiger partial charge in [-0.25, -0.2) is 0 Å². The van der Waals surface area contributed by atoms with Crippen molar-refractivity contribution in [1.29, 1.82) is 0 Å². The van der Waals surface area contributed by atoms with E-state index in [1.165, 1.54) is 10.5 Å². The molecule has 0 aliphatic carbocycles. The molecule has 0 aliphatic rings. The third kappa shape index (κ3) is 2.95. The predicted octanol–water partition coefficient (Wildman–Crippen LogP) is 2.54. The summed E-state index contributed by atoms with van der Waals surface area (Å²) in [5.41, 5.74) is 1.70. The van der Waals surface area contributed by atoms with Crippen LogP contribution in [0.5, 0.6) is 0 Å². The van der Waals surface area contributed by atoms with Crippen molar-refractivity contribution in [1.82, 2.24) is 4.98 Å². The van der Waals surface area contributed by atoms with Gasteiger partial charge in [0.15, 0.2) is 0 Å². The topological polar surface area (TPSA) is 12.9 Å². The second-order valence-electron chi connectivity index (χ2n) is 4.27. The van der Waals surface area contributed by atoms with Crippen molar-refractivity contribution >= 4 is 23.9 Å². The van der Waals surface area contributed by atoms with Crippen molar-refractivity contribution in [3.05, 3.63) is 78.7 Å². The fourth-order valence-electron chi connectivity index (χ4n) is 1.93. The van der Waals surface area contributed by atoms with Crippen LogP contribution < -0.4 is 8.92 Å². The number of halogens is 1. The molecule has 0 amide bonds. The van der Waals surface area contributed by atoms with Crippen LogP contribution in [-0.4, -0.2) is 19.9 Å². The summed E-state index contributed by atoms with van der Waals surface area (Å²) in [6.07, 6.45) is 1.74. The van der Waals surface area contributed by atoms with Crippen LogP contribution in [0.4, 0.5) is 4.39 Å². The maximum atomic E-state index is 13.6. The summed E-state index contributed by atoms with van der Waals surface area (Å²) < 4.78 is 16.0. The summed E-state index contributed by atoms with van der Waals surface area (Å²) >= 11 is 0.141. The van der Waals surface area contributed by atoms with E-state index in [-0.39, 0.29) is 20.8 Å². The summed E-state index contributed by atoms with van der Waals surface area (Å²) in [5, 5.41) is 0. The molecule has 20 heavy (non-hydrogen) atoms. The third-order valence-corrected chi connectivity index (χ3v) is 5.13. The van der Waals surface area contributed by atoms with E-state index in [1.54, 1.807) is 12.3 Å². The minimum absolute atomic E-state index is 0.141. The Balaban J connectivity index is 2.03. The van der Waals surface area contributed by atoms with Gasteiger partial charge in [0, 0.05) is 0 Å². The number of rotatable bonds is 3. The number of benzene rings is 2. The summed E-state index contributed by atoms with van der Waals surface area (Å²) in [6, 6.07) is 20.9. The van der Waals surface area contributed by atoms with Crippen LogP contribution in [0.3, 0.4) is 0 Å². The quantitative estimate of drug-likeness (QED) is 0.674.